The molecule has 0 spiro atoms. The van der Waals surface area contributed by atoms with Crippen LogP contribution in [-0.4, -0.2) is 40.3 Å². The van der Waals surface area contributed by atoms with Crippen molar-refractivity contribution >= 4 is 17.6 Å². The van der Waals surface area contributed by atoms with E-state index in [9.17, 15) is 9.59 Å². The smallest absolute Gasteiger partial charge is 0.230 e. The minimum atomic E-state index is -0.390. The number of primary amides is 1. The average molecular weight is 242 g/mol. The number of hydrogen-bond acceptors (Lipinski definition) is 4. The van der Waals surface area contributed by atoms with Gasteiger partial charge in [0.25, 0.3) is 0 Å². The maximum atomic E-state index is 11.8. The van der Waals surface area contributed by atoms with Crippen LogP contribution in [0.1, 0.15) is 26.2 Å². The second-order valence-corrected chi connectivity index (χ2v) is 4.34. The minimum Gasteiger partial charge on any atom is -0.409 e. The number of rotatable bonds is 3. The maximum Gasteiger partial charge on any atom is 0.230 e. The van der Waals surface area contributed by atoms with Crippen LogP contribution >= 0.6 is 0 Å². The number of nitrogens with two attached hydrogens (primary N) is 2. The summed E-state index contributed by atoms with van der Waals surface area (Å²) in [6.07, 6.45) is 1.28. The third-order valence-electron chi connectivity index (χ3n) is 3.07. The lowest BCUT2D eigenvalue weighted by atomic mass is 9.92. The molecule has 1 rings (SSSR count). The lowest BCUT2D eigenvalue weighted by molar-refractivity contribution is -0.136. The molecular weight excluding hydrogens is 224 g/mol. The molecule has 2 unspecified atom stereocenters. The Kier molecular flexibility index (Phi) is 4.30. The number of hydrogen-bond donors (Lipinski definition) is 3. The minimum absolute atomic E-state index is 0.0459. The van der Waals surface area contributed by atoms with Crippen LogP contribution in [0.2, 0.25) is 0 Å². The van der Waals surface area contributed by atoms with Crippen molar-refractivity contribution in [3.05, 3.63) is 0 Å². The molecule has 5 N–H and O–H groups in total. The van der Waals surface area contributed by atoms with E-state index < -0.39 is 5.91 Å². The molecule has 0 aromatic rings. The molecule has 0 radical (unpaired) electrons. The van der Waals surface area contributed by atoms with E-state index in [1.54, 1.807) is 4.90 Å². The largest absolute Gasteiger partial charge is 0.409 e. The molecular formula is C10H18N4O3. The van der Waals surface area contributed by atoms with Crippen LogP contribution in [0.3, 0.4) is 0 Å². The summed E-state index contributed by atoms with van der Waals surface area (Å²) in [7, 11) is 0. The van der Waals surface area contributed by atoms with Gasteiger partial charge in [-0.15, -0.1) is 0 Å². The van der Waals surface area contributed by atoms with Crippen molar-refractivity contribution in [2.45, 2.75) is 32.2 Å². The molecule has 1 aliphatic heterocycles. The van der Waals surface area contributed by atoms with Crippen LogP contribution in [0.5, 0.6) is 0 Å². The summed E-state index contributed by atoms with van der Waals surface area (Å²) in [5.74, 6) is -1.08. The normalized spacial score (nSPS) is 25.7. The first-order valence-corrected chi connectivity index (χ1v) is 5.51. The average Bonchev–Trinajstić information content (AvgIpc) is 2.28. The lowest BCUT2D eigenvalue weighted by Gasteiger charge is -2.36. The summed E-state index contributed by atoms with van der Waals surface area (Å²) in [6.45, 7) is 2.22. The zero-order valence-electron chi connectivity index (χ0n) is 9.80. The zero-order chi connectivity index (χ0) is 13.0. The Balaban J connectivity index is 2.66. The third kappa shape index (κ3) is 3.33. The van der Waals surface area contributed by atoms with Gasteiger partial charge in [0.2, 0.25) is 11.8 Å². The van der Waals surface area contributed by atoms with Crippen LogP contribution in [0.15, 0.2) is 5.16 Å². The third-order valence-corrected chi connectivity index (χ3v) is 3.07. The first-order chi connectivity index (χ1) is 7.95. The van der Waals surface area contributed by atoms with Gasteiger partial charge in [0.05, 0.1) is 12.3 Å². The van der Waals surface area contributed by atoms with E-state index in [4.69, 9.17) is 16.7 Å². The molecule has 0 aromatic heterocycles. The van der Waals surface area contributed by atoms with Crippen LogP contribution in [0.4, 0.5) is 0 Å². The molecule has 1 saturated heterocycles. The van der Waals surface area contributed by atoms with E-state index in [0.29, 0.717) is 13.0 Å². The molecule has 1 heterocycles. The van der Waals surface area contributed by atoms with E-state index in [-0.39, 0.29) is 30.1 Å². The first-order valence-electron chi connectivity index (χ1n) is 5.51. The summed E-state index contributed by atoms with van der Waals surface area (Å²) in [6, 6.07) is 0.0459. The van der Waals surface area contributed by atoms with Gasteiger partial charge in [-0.25, -0.2) is 0 Å². The topological polar surface area (TPSA) is 122 Å². The van der Waals surface area contributed by atoms with Crippen molar-refractivity contribution in [3.8, 4) is 0 Å². The quantitative estimate of drug-likeness (QED) is 0.260. The lowest BCUT2D eigenvalue weighted by Crippen LogP contribution is -2.49. The van der Waals surface area contributed by atoms with Crippen LogP contribution < -0.4 is 11.5 Å². The fourth-order valence-electron chi connectivity index (χ4n) is 1.98. The molecule has 0 bridgehead atoms. The number of amides is 2. The van der Waals surface area contributed by atoms with Gasteiger partial charge in [0, 0.05) is 12.6 Å². The standard InChI is InChI=1S/C10H18N4O3/c1-6-2-3-7(10(12)16)5-14(6)9(15)4-8(11)13-17/h6-7,17H,2-5H2,1H3,(H2,11,13)(H2,12,16). The second kappa shape index (κ2) is 5.51. The highest BCUT2D eigenvalue weighted by Gasteiger charge is 2.31. The van der Waals surface area contributed by atoms with Crippen molar-refractivity contribution in [2.75, 3.05) is 6.54 Å². The van der Waals surface area contributed by atoms with E-state index in [1.165, 1.54) is 0 Å². The molecule has 96 valence electrons. The number of nitrogens with zero attached hydrogens (tertiary/aromatic N) is 2. The Hall–Kier alpha value is -1.79. The molecule has 1 fully saturated rings. The Morgan fingerprint density at radius 1 is 1.41 bits per heavy atom. The maximum absolute atomic E-state index is 11.8. The van der Waals surface area contributed by atoms with Gasteiger partial charge in [-0.2, -0.15) is 0 Å². The fraction of sp³-hybridized carbons (Fsp3) is 0.700. The van der Waals surface area contributed by atoms with Crippen LogP contribution in [-0.2, 0) is 9.59 Å². The van der Waals surface area contributed by atoms with Crippen molar-refractivity contribution < 1.29 is 14.8 Å². The van der Waals surface area contributed by atoms with Gasteiger partial charge in [0.15, 0.2) is 0 Å². The van der Waals surface area contributed by atoms with E-state index in [1.807, 2.05) is 6.92 Å². The van der Waals surface area contributed by atoms with Crippen molar-refractivity contribution in [1.29, 1.82) is 0 Å². The highest BCUT2D eigenvalue weighted by molar-refractivity contribution is 5.99. The van der Waals surface area contributed by atoms with Crippen LogP contribution in [0.25, 0.3) is 0 Å². The summed E-state index contributed by atoms with van der Waals surface area (Å²) >= 11 is 0. The Morgan fingerprint density at radius 3 is 2.59 bits per heavy atom. The Morgan fingerprint density at radius 2 is 2.06 bits per heavy atom. The van der Waals surface area contributed by atoms with Crippen molar-refractivity contribution in [2.24, 2.45) is 22.5 Å². The molecule has 2 amide bonds. The van der Waals surface area contributed by atoms with Gasteiger partial charge in [-0.05, 0) is 19.8 Å². The molecule has 1 aliphatic rings. The molecule has 7 heteroatoms. The van der Waals surface area contributed by atoms with E-state index >= 15 is 0 Å². The second-order valence-electron chi connectivity index (χ2n) is 4.34. The molecule has 0 aromatic carbocycles. The zero-order valence-corrected chi connectivity index (χ0v) is 9.80. The number of likely N-dealkylation sites (tertiary alicyclic amines) is 1. The Labute approximate surface area is 99.4 Å². The summed E-state index contributed by atoms with van der Waals surface area (Å²) in [5.41, 5.74) is 10.5. The summed E-state index contributed by atoms with van der Waals surface area (Å²) < 4.78 is 0. The van der Waals surface area contributed by atoms with Gasteiger partial charge in [-0.1, -0.05) is 5.16 Å². The molecule has 0 aliphatic carbocycles. The predicted molar refractivity (Wildman–Crippen MR) is 61.1 cm³/mol. The number of carbonyl (C=O) groups excluding carboxylic acids is 2. The van der Waals surface area contributed by atoms with Crippen molar-refractivity contribution in [3.63, 3.8) is 0 Å². The monoisotopic (exact) mass is 242 g/mol. The summed E-state index contributed by atoms with van der Waals surface area (Å²) in [5, 5.41) is 11.2. The van der Waals surface area contributed by atoms with Gasteiger partial charge in [-0.3, -0.25) is 9.59 Å². The molecule has 2 atom stereocenters. The highest BCUT2D eigenvalue weighted by atomic mass is 16.4. The SMILES string of the molecule is CC1CCC(C(N)=O)CN1C(=O)CC(N)=NO. The number of piperidine rings is 1. The molecule has 0 saturated carbocycles. The first kappa shape index (κ1) is 13.3. The highest BCUT2D eigenvalue weighted by Crippen LogP contribution is 2.22. The van der Waals surface area contributed by atoms with Gasteiger partial charge >= 0.3 is 0 Å². The molecule has 17 heavy (non-hydrogen) atoms. The predicted octanol–water partition coefficient (Wildman–Crippen LogP) is -0.765. The Bertz CT molecular complexity index is 342. The van der Waals surface area contributed by atoms with Crippen molar-refractivity contribution in [1.82, 2.24) is 4.90 Å². The van der Waals surface area contributed by atoms with E-state index in [2.05, 4.69) is 5.16 Å². The van der Waals surface area contributed by atoms with E-state index in [0.717, 1.165) is 6.42 Å². The van der Waals surface area contributed by atoms with Gasteiger partial charge in [0.1, 0.15) is 5.84 Å². The summed E-state index contributed by atoms with van der Waals surface area (Å²) in [4.78, 5) is 24.5. The fourth-order valence-corrected chi connectivity index (χ4v) is 1.98. The van der Waals surface area contributed by atoms with Gasteiger partial charge < -0.3 is 21.6 Å². The van der Waals surface area contributed by atoms with Crippen LogP contribution in [0, 0.1) is 5.92 Å². The number of carbonyl (C=O) groups is 2. The molecule has 7 nitrogen and oxygen atoms in total. The number of amidine groups is 1. The number of oxime groups is 1.